The SMILES string of the molecule is CCS(=O)(=O)C1CSCCN1c1cccc(F)c1CN. The van der Waals surface area contributed by atoms with E-state index in [4.69, 9.17) is 5.73 Å². The molecule has 0 saturated carbocycles. The second kappa shape index (κ2) is 6.32. The van der Waals surface area contributed by atoms with E-state index in [-0.39, 0.29) is 18.1 Å². The molecule has 7 heteroatoms. The van der Waals surface area contributed by atoms with Gasteiger partial charge in [0.1, 0.15) is 11.2 Å². The van der Waals surface area contributed by atoms with Crippen molar-refractivity contribution in [3.63, 3.8) is 0 Å². The van der Waals surface area contributed by atoms with Crippen LogP contribution in [0.2, 0.25) is 0 Å². The molecule has 0 spiro atoms. The molecule has 2 N–H and O–H groups in total. The fourth-order valence-electron chi connectivity index (χ4n) is 2.36. The van der Waals surface area contributed by atoms with Gasteiger partial charge in [-0.25, -0.2) is 12.8 Å². The molecule has 4 nitrogen and oxygen atoms in total. The molecule has 1 unspecified atom stereocenters. The minimum absolute atomic E-state index is 0.0601. The van der Waals surface area contributed by atoms with Crippen molar-refractivity contribution in [1.29, 1.82) is 0 Å². The van der Waals surface area contributed by atoms with E-state index in [1.807, 2.05) is 0 Å². The molecule has 0 aromatic heterocycles. The van der Waals surface area contributed by atoms with Crippen molar-refractivity contribution in [3.05, 3.63) is 29.6 Å². The summed E-state index contributed by atoms with van der Waals surface area (Å²) in [5.41, 5.74) is 6.62. The van der Waals surface area contributed by atoms with Gasteiger partial charge in [0, 0.05) is 41.6 Å². The molecule has 1 fully saturated rings. The monoisotopic (exact) mass is 318 g/mol. The molecule has 1 aromatic carbocycles. The number of hydrogen-bond donors (Lipinski definition) is 1. The van der Waals surface area contributed by atoms with Crippen LogP contribution in [0.25, 0.3) is 0 Å². The summed E-state index contributed by atoms with van der Waals surface area (Å²) < 4.78 is 38.3. The number of anilines is 1. The van der Waals surface area contributed by atoms with Gasteiger partial charge in [-0.1, -0.05) is 13.0 Å². The van der Waals surface area contributed by atoms with Crippen LogP contribution in [-0.2, 0) is 16.4 Å². The van der Waals surface area contributed by atoms with Crippen LogP contribution in [-0.4, -0.2) is 37.6 Å². The Morgan fingerprint density at radius 3 is 2.90 bits per heavy atom. The lowest BCUT2D eigenvalue weighted by molar-refractivity contribution is 0.577. The molecule has 1 aliphatic heterocycles. The summed E-state index contributed by atoms with van der Waals surface area (Å²) in [4.78, 5) is 1.79. The van der Waals surface area contributed by atoms with Crippen molar-refractivity contribution < 1.29 is 12.8 Å². The largest absolute Gasteiger partial charge is 0.353 e. The third kappa shape index (κ3) is 2.94. The lowest BCUT2D eigenvalue weighted by Crippen LogP contribution is -2.48. The number of rotatable bonds is 4. The zero-order valence-corrected chi connectivity index (χ0v) is 13.0. The summed E-state index contributed by atoms with van der Waals surface area (Å²) in [7, 11) is -3.21. The molecular formula is C13H19FN2O2S2. The van der Waals surface area contributed by atoms with E-state index >= 15 is 0 Å². The highest BCUT2D eigenvalue weighted by atomic mass is 32.2. The second-order valence-electron chi connectivity index (χ2n) is 4.62. The average molecular weight is 318 g/mol. The number of sulfone groups is 1. The number of halogens is 1. The van der Waals surface area contributed by atoms with Gasteiger partial charge in [0.05, 0.1) is 0 Å². The number of thioether (sulfide) groups is 1. The summed E-state index contributed by atoms with van der Waals surface area (Å²) in [5.74, 6) is 1.05. The highest BCUT2D eigenvalue weighted by Crippen LogP contribution is 2.31. The lowest BCUT2D eigenvalue weighted by Gasteiger charge is -2.37. The van der Waals surface area contributed by atoms with Gasteiger partial charge in [0.2, 0.25) is 0 Å². The van der Waals surface area contributed by atoms with Crippen LogP contribution in [0.1, 0.15) is 12.5 Å². The Morgan fingerprint density at radius 2 is 2.25 bits per heavy atom. The molecule has 112 valence electrons. The van der Waals surface area contributed by atoms with Crippen LogP contribution >= 0.6 is 11.8 Å². The quantitative estimate of drug-likeness (QED) is 0.913. The highest BCUT2D eigenvalue weighted by Gasteiger charge is 2.34. The van der Waals surface area contributed by atoms with Crippen molar-refractivity contribution >= 4 is 27.3 Å². The molecule has 1 aliphatic rings. The van der Waals surface area contributed by atoms with Gasteiger partial charge in [-0.2, -0.15) is 11.8 Å². The number of hydrogen-bond acceptors (Lipinski definition) is 5. The molecule has 0 radical (unpaired) electrons. The molecule has 20 heavy (non-hydrogen) atoms. The minimum Gasteiger partial charge on any atom is -0.353 e. The van der Waals surface area contributed by atoms with Crippen molar-refractivity contribution in [1.82, 2.24) is 0 Å². The first-order valence-corrected chi connectivity index (χ1v) is 9.41. The third-order valence-electron chi connectivity index (χ3n) is 3.51. The van der Waals surface area contributed by atoms with E-state index in [0.717, 1.165) is 5.75 Å². The van der Waals surface area contributed by atoms with Gasteiger partial charge in [0.25, 0.3) is 0 Å². The van der Waals surface area contributed by atoms with E-state index in [1.54, 1.807) is 35.7 Å². The summed E-state index contributed by atoms with van der Waals surface area (Å²) in [6, 6.07) is 4.70. The molecular weight excluding hydrogens is 299 g/mol. The molecule has 1 saturated heterocycles. The van der Waals surface area contributed by atoms with Crippen molar-refractivity contribution in [2.24, 2.45) is 5.73 Å². The molecule has 1 heterocycles. The average Bonchev–Trinajstić information content (AvgIpc) is 2.47. The van der Waals surface area contributed by atoms with E-state index in [0.29, 0.717) is 23.5 Å². The van der Waals surface area contributed by atoms with Crippen molar-refractivity contribution in [2.75, 3.05) is 28.7 Å². The molecule has 0 bridgehead atoms. The van der Waals surface area contributed by atoms with E-state index in [1.165, 1.54) is 6.07 Å². The maximum Gasteiger partial charge on any atom is 0.171 e. The first kappa shape index (κ1) is 15.6. The minimum atomic E-state index is -3.21. The second-order valence-corrected chi connectivity index (χ2v) is 8.21. The Hall–Kier alpha value is -0.790. The smallest absolute Gasteiger partial charge is 0.171 e. The Morgan fingerprint density at radius 1 is 1.50 bits per heavy atom. The Kier molecular flexibility index (Phi) is 4.93. The molecule has 2 rings (SSSR count). The van der Waals surface area contributed by atoms with Crippen LogP contribution in [0.15, 0.2) is 18.2 Å². The first-order valence-electron chi connectivity index (χ1n) is 6.54. The fourth-order valence-corrected chi connectivity index (χ4v) is 5.35. The molecule has 0 aliphatic carbocycles. The molecule has 1 atom stereocenters. The van der Waals surface area contributed by atoms with Crippen LogP contribution in [0, 0.1) is 5.82 Å². The van der Waals surface area contributed by atoms with Crippen LogP contribution in [0.4, 0.5) is 10.1 Å². The van der Waals surface area contributed by atoms with E-state index in [2.05, 4.69) is 0 Å². The number of nitrogens with zero attached hydrogens (tertiary/aromatic N) is 1. The Balaban J connectivity index is 2.46. The highest BCUT2D eigenvalue weighted by molar-refractivity contribution is 8.01. The van der Waals surface area contributed by atoms with Crippen LogP contribution in [0.3, 0.4) is 0 Å². The van der Waals surface area contributed by atoms with Crippen LogP contribution < -0.4 is 10.6 Å². The summed E-state index contributed by atoms with van der Waals surface area (Å²) in [6.07, 6.45) is 0. The van der Waals surface area contributed by atoms with E-state index < -0.39 is 15.2 Å². The topological polar surface area (TPSA) is 63.4 Å². The first-order chi connectivity index (χ1) is 9.51. The zero-order valence-electron chi connectivity index (χ0n) is 11.4. The fraction of sp³-hybridized carbons (Fsp3) is 0.538. The predicted octanol–water partition coefficient (Wildman–Crippen LogP) is 1.60. The van der Waals surface area contributed by atoms with Gasteiger partial charge in [-0.3, -0.25) is 0 Å². The number of benzene rings is 1. The van der Waals surface area contributed by atoms with Gasteiger partial charge in [0.15, 0.2) is 9.84 Å². The van der Waals surface area contributed by atoms with E-state index in [9.17, 15) is 12.8 Å². The summed E-state index contributed by atoms with van der Waals surface area (Å²) in [5, 5.41) is -0.599. The van der Waals surface area contributed by atoms with Gasteiger partial charge >= 0.3 is 0 Å². The van der Waals surface area contributed by atoms with Gasteiger partial charge in [-0.15, -0.1) is 0 Å². The number of nitrogens with two attached hydrogens (primary N) is 1. The zero-order chi connectivity index (χ0) is 14.8. The van der Waals surface area contributed by atoms with Crippen molar-refractivity contribution in [3.8, 4) is 0 Å². The molecule has 1 aromatic rings. The normalized spacial score (nSPS) is 20.1. The molecule has 0 amide bonds. The van der Waals surface area contributed by atoms with Gasteiger partial charge < -0.3 is 10.6 Å². The van der Waals surface area contributed by atoms with Gasteiger partial charge in [-0.05, 0) is 12.1 Å². The lowest BCUT2D eigenvalue weighted by atomic mass is 10.1. The summed E-state index contributed by atoms with van der Waals surface area (Å²) in [6.45, 7) is 2.29. The summed E-state index contributed by atoms with van der Waals surface area (Å²) >= 11 is 1.62. The standard InChI is InChI=1S/C13H19FN2O2S2/c1-2-20(17,18)13-9-19-7-6-16(13)12-5-3-4-11(14)10(12)8-15/h3-5,13H,2,6-9,15H2,1H3. The Bertz CT molecular complexity index is 578. The maximum absolute atomic E-state index is 13.8. The maximum atomic E-state index is 13.8. The van der Waals surface area contributed by atoms with Crippen molar-refractivity contribution in [2.45, 2.75) is 18.8 Å². The van der Waals surface area contributed by atoms with Crippen LogP contribution in [0.5, 0.6) is 0 Å². The third-order valence-corrected chi connectivity index (χ3v) is 6.80. The predicted molar refractivity (Wildman–Crippen MR) is 82.2 cm³/mol. The Labute approximate surface area is 123 Å².